The van der Waals surface area contributed by atoms with Crippen molar-refractivity contribution in [3.05, 3.63) is 35.9 Å². The third kappa shape index (κ3) is 7.07. The number of rotatable bonds is 7. The summed E-state index contributed by atoms with van der Waals surface area (Å²) in [6.45, 7) is 13.0. The number of allylic oxidation sites excluding steroid dienone is 1. The molecule has 0 aliphatic carbocycles. The summed E-state index contributed by atoms with van der Waals surface area (Å²) in [7, 11) is 1.62. The van der Waals surface area contributed by atoms with Gasteiger partial charge in [0, 0.05) is 0 Å². The highest BCUT2D eigenvalue weighted by Crippen LogP contribution is 2.30. The molecule has 0 aliphatic heterocycles. The third-order valence-electron chi connectivity index (χ3n) is 3.35. The minimum absolute atomic E-state index is 0.0147. The maximum Gasteiger partial charge on any atom is 0.244 e. The van der Waals surface area contributed by atoms with Crippen LogP contribution in [-0.2, 0) is 4.79 Å². The van der Waals surface area contributed by atoms with E-state index in [9.17, 15) is 4.79 Å². The molecule has 0 saturated carbocycles. The van der Waals surface area contributed by atoms with Crippen LogP contribution < -0.4 is 14.8 Å². The van der Waals surface area contributed by atoms with Crippen molar-refractivity contribution < 1.29 is 14.3 Å². The number of carbonyl (C=O) groups is 1. The zero-order chi connectivity index (χ0) is 18.3. The molecule has 0 aromatic heterocycles. The van der Waals surface area contributed by atoms with E-state index in [1.54, 1.807) is 13.2 Å². The van der Waals surface area contributed by atoms with Gasteiger partial charge in [0.1, 0.15) is 0 Å². The minimum atomic E-state index is -0.116. The van der Waals surface area contributed by atoms with Crippen LogP contribution in [-0.4, -0.2) is 19.6 Å². The fraction of sp³-hybridized carbons (Fsp3) is 0.550. The van der Waals surface area contributed by atoms with Gasteiger partial charge in [-0.05, 0) is 42.0 Å². The van der Waals surface area contributed by atoms with Crippen molar-refractivity contribution in [3.8, 4) is 11.5 Å². The van der Waals surface area contributed by atoms with Crippen molar-refractivity contribution >= 4 is 5.91 Å². The zero-order valence-corrected chi connectivity index (χ0v) is 16.0. The fourth-order valence-electron chi connectivity index (χ4n) is 2.00. The second kappa shape index (κ2) is 8.76. The van der Waals surface area contributed by atoms with Crippen LogP contribution in [0.4, 0.5) is 0 Å². The molecule has 0 saturated heterocycles. The molecule has 24 heavy (non-hydrogen) atoms. The molecule has 0 radical (unpaired) electrons. The summed E-state index contributed by atoms with van der Waals surface area (Å²) in [4.78, 5) is 12.0. The highest BCUT2D eigenvalue weighted by Gasteiger charge is 2.13. The monoisotopic (exact) mass is 333 g/mol. The molecule has 4 nitrogen and oxygen atoms in total. The van der Waals surface area contributed by atoms with E-state index in [1.807, 2.05) is 31.2 Å². The van der Waals surface area contributed by atoms with Crippen LogP contribution in [0.15, 0.2) is 30.4 Å². The van der Waals surface area contributed by atoms with Crippen molar-refractivity contribution in [2.45, 2.75) is 47.6 Å². The van der Waals surface area contributed by atoms with E-state index in [0.717, 1.165) is 11.3 Å². The van der Waals surface area contributed by atoms with E-state index >= 15 is 0 Å². The number of hydrogen-bond donors (Lipinski definition) is 1. The lowest BCUT2D eigenvalue weighted by atomic mass is 9.96. The molecule has 4 heteroatoms. The number of methoxy groups -OCH3 is 1. The molecule has 1 rings (SSSR count). The first-order valence-electron chi connectivity index (χ1n) is 8.43. The molecule has 134 valence electrons. The number of benzene rings is 1. The van der Waals surface area contributed by atoms with Gasteiger partial charge in [0.15, 0.2) is 11.5 Å². The highest BCUT2D eigenvalue weighted by molar-refractivity contribution is 5.87. The van der Waals surface area contributed by atoms with Gasteiger partial charge < -0.3 is 14.8 Å². The van der Waals surface area contributed by atoms with Crippen molar-refractivity contribution in [1.29, 1.82) is 0 Å². The molecule has 1 amide bonds. The molecule has 1 N–H and O–H groups in total. The van der Waals surface area contributed by atoms with Crippen LogP contribution in [0.3, 0.4) is 0 Å². The number of amides is 1. The summed E-state index contributed by atoms with van der Waals surface area (Å²) in [6, 6.07) is 5.64. The fourth-order valence-corrected chi connectivity index (χ4v) is 2.00. The topological polar surface area (TPSA) is 47.6 Å². The molecule has 0 aliphatic rings. The second-order valence-electron chi connectivity index (χ2n) is 7.54. The Kier molecular flexibility index (Phi) is 7.33. The van der Waals surface area contributed by atoms with E-state index in [2.05, 4.69) is 39.9 Å². The lowest BCUT2D eigenvalue weighted by Gasteiger charge is -2.17. The van der Waals surface area contributed by atoms with Gasteiger partial charge in [-0.2, -0.15) is 0 Å². The summed E-state index contributed by atoms with van der Waals surface area (Å²) in [5.74, 6) is 1.75. The van der Waals surface area contributed by atoms with Gasteiger partial charge in [0.05, 0.1) is 19.8 Å². The molecule has 0 fully saturated rings. The molecule has 1 aromatic carbocycles. The Labute approximate surface area is 146 Å². The van der Waals surface area contributed by atoms with Gasteiger partial charge in [-0.3, -0.25) is 4.79 Å². The maximum atomic E-state index is 12.0. The molecule has 0 spiro atoms. The lowest BCUT2D eigenvalue weighted by Crippen LogP contribution is -2.25. The summed E-state index contributed by atoms with van der Waals surface area (Å²) < 4.78 is 11.2. The SMILES string of the molecule is COc1cc(C(C)NC(=O)/C=C/C(C)(C)C)ccc1OCC(C)C. The smallest absolute Gasteiger partial charge is 0.244 e. The average molecular weight is 333 g/mol. The number of nitrogens with one attached hydrogen (secondary N) is 1. The number of ether oxygens (including phenoxy) is 2. The summed E-state index contributed by atoms with van der Waals surface area (Å²) in [6.07, 6.45) is 3.49. The molecule has 0 heterocycles. The first kappa shape index (κ1) is 20.1. The standard InChI is InChI=1S/C20H31NO3/c1-14(2)13-24-17-9-8-16(12-18(17)23-7)15(3)21-19(22)10-11-20(4,5)6/h8-12,14-15H,13H2,1-7H3,(H,21,22)/b11-10+. The van der Waals surface area contributed by atoms with Crippen LogP contribution in [0.25, 0.3) is 0 Å². The van der Waals surface area contributed by atoms with E-state index in [-0.39, 0.29) is 17.4 Å². The Morgan fingerprint density at radius 3 is 2.42 bits per heavy atom. The van der Waals surface area contributed by atoms with Crippen molar-refractivity contribution in [1.82, 2.24) is 5.32 Å². The molecule has 1 unspecified atom stereocenters. The Morgan fingerprint density at radius 2 is 1.88 bits per heavy atom. The summed E-state index contributed by atoms with van der Waals surface area (Å²) >= 11 is 0. The van der Waals surface area contributed by atoms with Crippen LogP contribution in [0.1, 0.15) is 53.1 Å². The van der Waals surface area contributed by atoms with Crippen molar-refractivity contribution in [3.63, 3.8) is 0 Å². The van der Waals surface area contributed by atoms with Gasteiger partial charge >= 0.3 is 0 Å². The van der Waals surface area contributed by atoms with Gasteiger partial charge in [-0.1, -0.05) is 46.8 Å². The zero-order valence-electron chi connectivity index (χ0n) is 16.0. The number of carbonyl (C=O) groups excluding carboxylic acids is 1. The summed E-state index contributed by atoms with van der Waals surface area (Å²) in [5.41, 5.74) is 0.959. The van der Waals surface area contributed by atoms with E-state index in [1.165, 1.54) is 0 Å². The van der Waals surface area contributed by atoms with E-state index < -0.39 is 0 Å². The number of hydrogen-bond acceptors (Lipinski definition) is 3. The normalized spacial score (nSPS) is 13.2. The largest absolute Gasteiger partial charge is 0.493 e. The van der Waals surface area contributed by atoms with E-state index in [4.69, 9.17) is 9.47 Å². The Bertz CT molecular complexity index is 571. The van der Waals surface area contributed by atoms with Crippen LogP contribution in [0.2, 0.25) is 0 Å². The Morgan fingerprint density at radius 1 is 1.21 bits per heavy atom. The first-order chi connectivity index (χ1) is 11.1. The quantitative estimate of drug-likeness (QED) is 0.747. The molecular weight excluding hydrogens is 302 g/mol. The Hall–Kier alpha value is -1.97. The molecular formula is C20H31NO3. The lowest BCUT2D eigenvalue weighted by molar-refractivity contribution is -0.117. The van der Waals surface area contributed by atoms with Crippen LogP contribution >= 0.6 is 0 Å². The van der Waals surface area contributed by atoms with Gasteiger partial charge in [-0.25, -0.2) is 0 Å². The third-order valence-corrected chi connectivity index (χ3v) is 3.35. The molecule has 1 aromatic rings. The highest BCUT2D eigenvalue weighted by atomic mass is 16.5. The van der Waals surface area contributed by atoms with E-state index in [0.29, 0.717) is 18.3 Å². The van der Waals surface area contributed by atoms with Crippen molar-refractivity contribution in [2.24, 2.45) is 11.3 Å². The second-order valence-corrected chi connectivity index (χ2v) is 7.54. The Balaban J connectivity index is 2.79. The first-order valence-corrected chi connectivity index (χ1v) is 8.43. The predicted molar refractivity (Wildman–Crippen MR) is 98.5 cm³/mol. The van der Waals surface area contributed by atoms with Gasteiger partial charge in [-0.15, -0.1) is 0 Å². The predicted octanol–water partition coefficient (Wildman–Crippen LogP) is 4.51. The molecule has 0 bridgehead atoms. The van der Waals surface area contributed by atoms with Crippen LogP contribution in [0.5, 0.6) is 11.5 Å². The molecule has 1 atom stereocenters. The van der Waals surface area contributed by atoms with Gasteiger partial charge in [0.25, 0.3) is 0 Å². The maximum absolute atomic E-state index is 12.0. The minimum Gasteiger partial charge on any atom is -0.493 e. The van der Waals surface area contributed by atoms with Crippen LogP contribution in [0, 0.1) is 11.3 Å². The average Bonchev–Trinajstić information content (AvgIpc) is 2.49. The van der Waals surface area contributed by atoms with Gasteiger partial charge in [0.2, 0.25) is 5.91 Å². The summed E-state index contributed by atoms with van der Waals surface area (Å²) in [5, 5.41) is 2.97. The van der Waals surface area contributed by atoms with Crippen molar-refractivity contribution in [2.75, 3.05) is 13.7 Å².